The average Bonchev–Trinajstić information content (AvgIpc) is 2.41. The van der Waals surface area contributed by atoms with Gasteiger partial charge >= 0.3 is 0 Å². The predicted octanol–water partition coefficient (Wildman–Crippen LogP) is 2.29. The van der Waals surface area contributed by atoms with Crippen molar-refractivity contribution >= 4 is 5.91 Å². The minimum atomic E-state index is 0.0120. The topological polar surface area (TPSA) is 41.6 Å². The second-order valence-electron chi connectivity index (χ2n) is 6.41. The zero-order valence-electron chi connectivity index (χ0n) is 13.3. The van der Waals surface area contributed by atoms with Crippen molar-refractivity contribution in [2.75, 3.05) is 34.4 Å². The molecule has 0 unspecified atom stereocenters. The highest BCUT2D eigenvalue weighted by molar-refractivity contribution is 5.94. The molecule has 0 saturated heterocycles. The van der Waals surface area contributed by atoms with E-state index in [0.29, 0.717) is 6.54 Å². The lowest BCUT2D eigenvalue weighted by Crippen LogP contribution is -2.45. The highest BCUT2D eigenvalue weighted by Crippen LogP contribution is 2.40. The van der Waals surface area contributed by atoms with E-state index in [0.717, 1.165) is 37.1 Å². The molecule has 1 N–H and O–H groups in total. The average molecular weight is 290 g/mol. The fraction of sp³-hybridized carbons (Fsp3) is 0.588. The van der Waals surface area contributed by atoms with Crippen LogP contribution in [0.2, 0.25) is 0 Å². The largest absolute Gasteiger partial charge is 0.384 e. The molecule has 1 fully saturated rings. The number of nitrogens with zero attached hydrogens (tertiary/aromatic N) is 1. The first kappa shape index (κ1) is 16.0. The molecule has 1 saturated carbocycles. The van der Waals surface area contributed by atoms with E-state index in [2.05, 4.69) is 16.3 Å². The van der Waals surface area contributed by atoms with Crippen LogP contribution in [0.15, 0.2) is 24.3 Å². The number of nitrogens with one attached hydrogen (secondary N) is 1. The van der Waals surface area contributed by atoms with Gasteiger partial charge in [0.25, 0.3) is 5.91 Å². The smallest absolute Gasteiger partial charge is 0.251 e. The van der Waals surface area contributed by atoms with Gasteiger partial charge in [-0.25, -0.2) is 0 Å². The molecule has 0 atom stereocenters. The molecule has 116 valence electrons. The van der Waals surface area contributed by atoms with E-state index in [1.54, 1.807) is 7.11 Å². The van der Waals surface area contributed by atoms with E-state index in [1.807, 2.05) is 32.3 Å². The monoisotopic (exact) mass is 290 g/mol. The summed E-state index contributed by atoms with van der Waals surface area (Å²) in [5.41, 5.74) is 2.05. The normalized spacial score (nSPS) is 16.6. The number of ether oxygens (including phenoxy) is 1. The van der Waals surface area contributed by atoms with Gasteiger partial charge in [-0.3, -0.25) is 4.79 Å². The Balaban J connectivity index is 1.94. The van der Waals surface area contributed by atoms with Gasteiger partial charge in [0.05, 0.1) is 6.61 Å². The van der Waals surface area contributed by atoms with Crippen molar-refractivity contribution in [2.24, 2.45) is 5.41 Å². The van der Waals surface area contributed by atoms with E-state index in [4.69, 9.17) is 4.74 Å². The molecule has 1 amide bonds. The molecular formula is C17H26N2O2. The molecule has 4 nitrogen and oxygen atoms in total. The Bertz CT molecular complexity index is 481. The van der Waals surface area contributed by atoms with E-state index in [1.165, 1.54) is 6.42 Å². The number of benzene rings is 1. The second kappa shape index (κ2) is 7.05. The Morgan fingerprint density at radius 1 is 1.38 bits per heavy atom. The molecule has 1 aromatic carbocycles. The van der Waals surface area contributed by atoms with Crippen molar-refractivity contribution < 1.29 is 9.53 Å². The quantitative estimate of drug-likeness (QED) is 0.838. The van der Waals surface area contributed by atoms with Gasteiger partial charge in [0.2, 0.25) is 0 Å². The highest BCUT2D eigenvalue weighted by Gasteiger charge is 2.37. The van der Waals surface area contributed by atoms with Crippen molar-refractivity contribution in [2.45, 2.75) is 25.8 Å². The van der Waals surface area contributed by atoms with Crippen LogP contribution in [0.5, 0.6) is 0 Å². The maximum atomic E-state index is 12.3. The summed E-state index contributed by atoms with van der Waals surface area (Å²) in [6.45, 7) is 2.28. The van der Waals surface area contributed by atoms with Crippen LogP contribution in [0.3, 0.4) is 0 Å². The molecule has 1 aliphatic rings. The molecule has 4 heteroatoms. The van der Waals surface area contributed by atoms with Crippen LogP contribution in [-0.2, 0) is 11.3 Å². The van der Waals surface area contributed by atoms with Crippen LogP contribution in [0, 0.1) is 5.41 Å². The van der Waals surface area contributed by atoms with Crippen LogP contribution in [-0.4, -0.2) is 45.2 Å². The van der Waals surface area contributed by atoms with Crippen LogP contribution < -0.4 is 5.32 Å². The lowest BCUT2D eigenvalue weighted by molar-refractivity contribution is 0.0180. The summed E-state index contributed by atoms with van der Waals surface area (Å²) in [5, 5.41) is 3.07. The molecular weight excluding hydrogens is 264 g/mol. The van der Waals surface area contributed by atoms with E-state index in [-0.39, 0.29) is 11.3 Å². The number of rotatable bonds is 7. The summed E-state index contributed by atoms with van der Waals surface area (Å²) in [6.07, 6.45) is 3.52. The summed E-state index contributed by atoms with van der Waals surface area (Å²) < 4.78 is 5.29. The van der Waals surface area contributed by atoms with Crippen molar-refractivity contribution in [3.8, 4) is 0 Å². The maximum Gasteiger partial charge on any atom is 0.251 e. The minimum absolute atomic E-state index is 0.0120. The van der Waals surface area contributed by atoms with Crippen LogP contribution in [0.1, 0.15) is 35.2 Å². The summed E-state index contributed by atoms with van der Waals surface area (Å²) in [6, 6.07) is 7.84. The summed E-state index contributed by atoms with van der Waals surface area (Å²) in [7, 11) is 5.78. The number of hydrogen-bond acceptors (Lipinski definition) is 3. The lowest BCUT2D eigenvalue weighted by Gasteiger charge is -2.41. The van der Waals surface area contributed by atoms with Gasteiger partial charge < -0.3 is 15.0 Å². The predicted molar refractivity (Wildman–Crippen MR) is 84.3 cm³/mol. The fourth-order valence-corrected chi connectivity index (χ4v) is 2.90. The van der Waals surface area contributed by atoms with Gasteiger partial charge in [0, 0.05) is 31.2 Å². The Hall–Kier alpha value is -1.39. The molecule has 0 heterocycles. The maximum absolute atomic E-state index is 12.3. The molecule has 2 rings (SSSR count). The van der Waals surface area contributed by atoms with E-state index in [9.17, 15) is 4.79 Å². The standard InChI is InChI=1S/C17H26N2O2/c1-19(2)11-14-6-4-7-15(10-14)16(20)18-12-17(13-21-3)8-5-9-17/h4,6-7,10H,5,8-9,11-13H2,1-3H3,(H,18,20). The van der Waals surface area contributed by atoms with E-state index < -0.39 is 0 Å². The van der Waals surface area contributed by atoms with Gasteiger partial charge in [-0.1, -0.05) is 18.6 Å². The first-order valence-electron chi connectivity index (χ1n) is 7.55. The van der Waals surface area contributed by atoms with Gasteiger partial charge in [0.15, 0.2) is 0 Å². The van der Waals surface area contributed by atoms with Crippen molar-refractivity contribution in [3.05, 3.63) is 35.4 Å². The summed E-state index contributed by atoms with van der Waals surface area (Å²) >= 11 is 0. The third-order valence-corrected chi connectivity index (χ3v) is 4.18. The zero-order chi connectivity index (χ0) is 15.3. The Labute approximate surface area is 127 Å². The lowest BCUT2D eigenvalue weighted by atomic mass is 9.69. The molecule has 1 aromatic rings. The molecule has 21 heavy (non-hydrogen) atoms. The molecule has 0 radical (unpaired) electrons. The first-order valence-corrected chi connectivity index (χ1v) is 7.55. The van der Waals surface area contributed by atoms with E-state index >= 15 is 0 Å². The van der Waals surface area contributed by atoms with Crippen LogP contribution in [0.4, 0.5) is 0 Å². The highest BCUT2D eigenvalue weighted by atomic mass is 16.5. The van der Waals surface area contributed by atoms with Crippen LogP contribution >= 0.6 is 0 Å². The molecule has 0 spiro atoms. The Morgan fingerprint density at radius 3 is 2.71 bits per heavy atom. The van der Waals surface area contributed by atoms with Crippen LogP contribution in [0.25, 0.3) is 0 Å². The third-order valence-electron chi connectivity index (χ3n) is 4.18. The number of carbonyl (C=O) groups is 1. The molecule has 0 aliphatic heterocycles. The zero-order valence-corrected chi connectivity index (χ0v) is 13.3. The molecule has 0 aromatic heterocycles. The SMILES string of the molecule is COCC1(CNC(=O)c2cccc(CN(C)C)c2)CCC1. The molecule has 1 aliphatic carbocycles. The third kappa shape index (κ3) is 4.29. The Morgan fingerprint density at radius 2 is 2.14 bits per heavy atom. The molecule has 0 bridgehead atoms. The number of hydrogen-bond donors (Lipinski definition) is 1. The summed E-state index contributed by atoms with van der Waals surface area (Å²) in [4.78, 5) is 14.4. The number of carbonyl (C=O) groups excluding carboxylic acids is 1. The number of methoxy groups -OCH3 is 1. The second-order valence-corrected chi connectivity index (χ2v) is 6.41. The van der Waals surface area contributed by atoms with Gasteiger partial charge in [-0.15, -0.1) is 0 Å². The fourth-order valence-electron chi connectivity index (χ4n) is 2.90. The first-order chi connectivity index (χ1) is 10.0. The van der Waals surface area contributed by atoms with Crippen molar-refractivity contribution in [1.29, 1.82) is 0 Å². The Kier molecular flexibility index (Phi) is 5.37. The summed E-state index contributed by atoms with van der Waals surface area (Å²) in [5.74, 6) is 0.0120. The van der Waals surface area contributed by atoms with Gasteiger partial charge in [0.1, 0.15) is 0 Å². The minimum Gasteiger partial charge on any atom is -0.384 e. The number of amides is 1. The van der Waals surface area contributed by atoms with Crippen molar-refractivity contribution in [3.63, 3.8) is 0 Å². The van der Waals surface area contributed by atoms with Crippen molar-refractivity contribution in [1.82, 2.24) is 10.2 Å². The van der Waals surface area contributed by atoms with Gasteiger partial charge in [-0.05, 0) is 44.6 Å². The van der Waals surface area contributed by atoms with Gasteiger partial charge in [-0.2, -0.15) is 0 Å².